The van der Waals surface area contributed by atoms with Gasteiger partial charge < -0.3 is 9.53 Å². The van der Waals surface area contributed by atoms with Crippen LogP contribution in [0.3, 0.4) is 0 Å². The van der Waals surface area contributed by atoms with E-state index >= 15 is 0 Å². The van der Waals surface area contributed by atoms with Crippen LogP contribution in [0.2, 0.25) is 0 Å². The van der Waals surface area contributed by atoms with Crippen molar-refractivity contribution in [2.75, 3.05) is 6.61 Å². The first-order valence-corrected chi connectivity index (χ1v) is 5.80. The van der Waals surface area contributed by atoms with Crippen LogP contribution in [-0.4, -0.2) is 17.9 Å². The monoisotopic (exact) mass is 229 g/mol. The van der Waals surface area contributed by atoms with Gasteiger partial charge in [-0.05, 0) is 31.0 Å². The summed E-state index contributed by atoms with van der Waals surface area (Å²) in [7, 11) is 0. The van der Waals surface area contributed by atoms with Gasteiger partial charge in [0.25, 0.3) is 0 Å². The van der Waals surface area contributed by atoms with Crippen LogP contribution in [0.15, 0.2) is 30.5 Å². The van der Waals surface area contributed by atoms with E-state index < -0.39 is 0 Å². The van der Waals surface area contributed by atoms with Gasteiger partial charge in [0.05, 0.1) is 6.61 Å². The normalized spacial score (nSPS) is 10.4. The third kappa shape index (κ3) is 2.44. The molecule has 2 rings (SSSR count). The van der Waals surface area contributed by atoms with E-state index in [1.54, 1.807) is 6.20 Å². The predicted molar refractivity (Wildman–Crippen MR) is 67.3 cm³/mol. The van der Waals surface area contributed by atoms with Crippen LogP contribution in [0.25, 0.3) is 10.9 Å². The maximum Gasteiger partial charge on any atom is 0.145 e. The van der Waals surface area contributed by atoms with Crippen molar-refractivity contribution in [3.8, 4) is 5.75 Å². The summed E-state index contributed by atoms with van der Waals surface area (Å²) in [6, 6.07) is 7.87. The molecule has 0 bridgehead atoms. The zero-order chi connectivity index (χ0) is 12.1. The fraction of sp³-hybridized carbons (Fsp3) is 0.286. The Morgan fingerprint density at radius 2 is 2.24 bits per heavy atom. The van der Waals surface area contributed by atoms with Crippen LogP contribution in [0.1, 0.15) is 18.9 Å². The molecule has 2 aromatic rings. The number of fused-ring (bicyclic) bond motifs is 1. The summed E-state index contributed by atoms with van der Waals surface area (Å²) in [6.07, 6.45) is 3.99. The summed E-state index contributed by atoms with van der Waals surface area (Å²) in [5.74, 6) is 0.804. The van der Waals surface area contributed by atoms with E-state index in [1.165, 1.54) is 0 Å². The zero-order valence-corrected chi connectivity index (χ0v) is 9.85. The second-order valence-electron chi connectivity index (χ2n) is 3.76. The highest BCUT2D eigenvalue weighted by Crippen LogP contribution is 2.27. The van der Waals surface area contributed by atoms with Gasteiger partial charge in [0, 0.05) is 18.0 Å². The van der Waals surface area contributed by atoms with Gasteiger partial charge >= 0.3 is 0 Å². The number of nitrogens with zero attached hydrogens (tertiary/aromatic N) is 1. The summed E-state index contributed by atoms with van der Waals surface area (Å²) in [5.41, 5.74) is 2.02. The molecular weight excluding hydrogens is 214 g/mol. The van der Waals surface area contributed by atoms with Crippen molar-refractivity contribution in [1.29, 1.82) is 0 Å². The van der Waals surface area contributed by atoms with E-state index in [1.807, 2.05) is 31.2 Å². The first-order valence-electron chi connectivity index (χ1n) is 5.80. The van der Waals surface area contributed by atoms with E-state index in [4.69, 9.17) is 4.74 Å². The molecule has 0 fully saturated rings. The van der Waals surface area contributed by atoms with Crippen LogP contribution in [0.5, 0.6) is 5.75 Å². The smallest absolute Gasteiger partial charge is 0.145 e. The van der Waals surface area contributed by atoms with Gasteiger partial charge in [0.2, 0.25) is 0 Å². The van der Waals surface area contributed by atoms with Crippen LogP contribution >= 0.6 is 0 Å². The number of benzene rings is 1. The summed E-state index contributed by atoms with van der Waals surface area (Å²) >= 11 is 0. The summed E-state index contributed by atoms with van der Waals surface area (Å²) in [6.45, 7) is 2.58. The second kappa shape index (κ2) is 5.43. The Bertz CT molecular complexity index is 523. The molecule has 17 heavy (non-hydrogen) atoms. The molecule has 88 valence electrons. The third-order valence-electron chi connectivity index (χ3n) is 2.65. The van der Waals surface area contributed by atoms with Crippen LogP contribution in [0.4, 0.5) is 0 Å². The first-order chi connectivity index (χ1) is 8.36. The number of aldehydes is 1. The highest BCUT2D eigenvalue weighted by atomic mass is 16.5. The molecule has 0 amide bonds. The van der Waals surface area contributed by atoms with Crippen molar-refractivity contribution >= 4 is 17.2 Å². The van der Waals surface area contributed by atoms with E-state index in [9.17, 15) is 4.79 Å². The molecule has 0 aliphatic carbocycles. The number of carbonyl (C=O) groups is 1. The summed E-state index contributed by atoms with van der Waals surface area (Å²) < 4.78 is 5.55. The Morgan fingerprint density at radius 1 is 1.35 bits per heavy atom. The Morgan fingerprint density at radius 3 is 3.00 bits per heavy atom. The van der Waals surface area contributed by atoms with Gasteiger partial charge in [0.15, 0.2) is 0 Å². The lowest BCUT2D eigenvalue weighted by molar-refractivity contribution is -0.107. The fourth-order valence-corrected chi connectivity index (χ4v) is 1.91. The number of aryl methyl sites for hydroxylation is 1. The topological polar surface area (TPSA) is 39.2 Å². The molecule has 0 unspecified atom stereocenters. The Labute approximate surface area is 100 Å². The maximum atomic E-state index is 10.4. The van der Waals surface area contributed by atoms with Gasteiger partial charge in [-0.1, -0.05) is 12.1 Å². The lowest BCUT2D eigenvalue weighted by Gasteiger charge is -2.09. The Hall–Kier alpha value is -1.90. The third-order valence-corrected chi connectivity index (χ3v) is 2.65. The van der Waals surface area contributed by atoms with E-state index in [0.29, 0.717) is 13.0 Å². The molecule has 0 N–H and O–H groups in total. The fourth-order valence-electron chi connectivity index (χ4n) is 1.91. The maximum absolute atomic E-state index is 10.4. The molecule has 1 aromatic heterocycles. The summed E-state index contributed by atoms with van der Waals surface area (Å²) in [5, 5.41) is 1.07. The van der Waals surface area contributed by atoms with E-state index in [0.717, 1.165) is 34.9 Å². The molecule has 1 heterocycles. The number of hydrogen-bond donors (Lipinski definition) is 0. The van der Waals surface area contributed by atoms with Gasteiger partial charge in [0.1, 0.15) is 17.6 Å². The van der Waals surface area contributed by atoms with E-state index in [-0.39, 0.29) is 0 Å². The predicted octanol–water partition coefficient (Wildman–Crippen LogP) is 2.77. The molecule has 3 nitrogen and oxygen atoms in total. The van der Waals surface area contributed by atoms with Crippen molar-refractivity contribution < 1.29 is 9.53 Å². The molecule has 0 saturated heterocycles. The summed E-state index contributed by atoms with van der Waals surface area (Å²) in [4.78, 5) is 14.8. The van der Waals surface area contributed by atoms with Crippen molar-refractivity contribution in [2.45, 2.75) is 19.8 Å². The number of hydrogen-bond acceptors (Lipinski definition) is 3. The molecule has 0 radical (unpaired) electrons. The first kappa shape index (κ1) is 11.6. The van der Waals surface area contributed by atoms with Crippen molar-refractivity contribution in [1.82, 2.24) is 4.98 Å². The lowest BCUT2D eigenvalue weighted by atomic mass is 10.0. The van der Waals surface area contributed by atoms with Crippen molar-refractivity contribution in [2.24, 2.45) is 0 Å². The molecule has 3 heteroatoms. The minimum atomic E-state index is 0.540. The largest absolute Gasteiger partial charge is 0.492 e. The number of carbonyl (C=O) groups excluding carboxylic acids is 1. The Balaban J connectivity index is 2.49. The second-order valence-corrected chi connectivity index (χ2v) is 3.76. The molecule has 0 spiro atoms. The van der Waals surface area contributed by atoms with Gasteiger partial charge in [-0.15, -0.1) is 0 Å². The molecule has 0 aliphatic heterocycles. The van der Waals surface area contributed by atoms with Gasteiger partial charge in [-0.3, -0.25) is 4.98 Å². The molecule has 0 atom stereocenters. The highest BCUT2D eigenvalue weighted by Gasteiger charge is 2.07. The molecular formula is C14H15NO2. The quantitative estimate of drug-likeness (QED) is 0.740. The SMILES string of the molecule is CCOc1ccc(CCC=O)c2cccnc12. The highest BCUT2D eigenvalue weighted by molar-refractivity contribution is 5.87. The van der Waals surface area contributed by atoms with Crippen LogP contribution in [-0.2, 0) is 11.2 Å². The molecule has 0 saturated carbocycles. The average molecular weight is 229 g/mol. The number of pyridine rings is 1. The average Bonchev–Trinajstić information content (AvgIpc) is 2.38. The van der Waals surface area contributed by atoms with Crippen molar-refractivity contribution in [3.05, 3.63) is 36.0 Å². The van der Waals surface area contributed by atoms with E-state index in [2.05, 4.69) is 4.98 Å². The molecule has 0 aliphatic rings. The van der Waals surface area contributed by atoms with Crippen LogP contribution in [0, 0.1) is 0 Å². The van der Waals surface area contributed by atoms with Gasteiger partial charge in [-0.2, -0.15) is 0 Å². The molecule has 1 aromatic carbocycles. The zero-order valence-electron chi connectivity index (χ0n) is 9.85. The van der Waals surface area contributed by atoms with Gasteiger partial charge in [-0.25, -0.2) is 0 Å². The number of rotatable bonds is 5. The Kier molecular flexibility index (Phi) is 3.70. The standard InChI is InChI=1S/C14H15NO2/c1-2-17-13-8-7-11(5-4-10-16)12-6-3-9-15-14(12)13/h3,6-10H,2,4-5H2,1H3. The lowest BCUT2D eigenvalue weighted by Crippen LogP contribution is -1.96. The van der Waals surface area contributed by atoms with Crippen molar-refractivity contribution in [3.63, 3.8) is 0 Å². The van der Waals surface area contributed by atoms with Crippen LogP contribution < -0.4 is 4.74 Å². The minimum Gasteiger partial charge on any atom is -0.492 e. The minimum absolute atomic E-state index is 0.540. The number of aromatic nitrogens is 1. The number of ether oxygens (including phenoxy) is 1.